The highest BCUT2D eigenvalue weighted by molar-refractivity contribution is 7.92. The number of amides is 2. The Balaban J connectivity index is 2.45. The fraction of sp³-hybridized carbons (Fsp3) is 0.440. The number of nitrogens with zero attached hydrogens (tertiary/aromatic N) is 2. The first-order valence-corrected chi connectivity index (χ1v) is 13.7. The van der Waals surface area contributed by atoms with Crippen LogP contribution in [-0.2, 0) is 26.2 Å². The van der Waals surface area contributed by atoms with E-state index < -0.39 is 34.3 Å². The van der Waals surface area contributed by atoms with E-state index >= 15 is 0 Å². The van der Waals surface area contributed by atoms with Crippen LogP contribution in [0.25, 0.3) is 0 Å². The van der Waals surface area contributed by atoms with Crippen LogP contribution in [0.3, 0.4) is 0 Å². The van der Waals surface area contributed by atoms with E-state index in [-0.39, 0.29) is 29.2 Å². The summed E-state index contributed by atoms with van der Waals surface area (Å²) in [6.07, 6.45) is 2.01. The van der Waals surface area contributed by atoms with Gasteiger partial charge in [-0.2, -0.15) is 0 Å². The van der Waals surface area contributed by atoms with Gasteiger partial charge in [-0.05, 0) is 50.5 Å². The maximum absolute atomic E-state index is 13.7. The monoisotopic (exact) mass is 525 g/mol. The second-order valence-electron chi connectivity index (χ2n) is 8.62. The molecule has 0 spiro atoms. The van der Waals surface area contributed by atoms with E-state index in [9.17, 15) is 22.4 Å². The number of aryl methyl sites for hydroxylation is 1. The third-order valence-corrected chi connectivity index (χ3v) is 7.16. The maximum Gasteiger partial charge on any atom is 0.244 e. The molecule has 1 N–H and O–H groups in total. The van der Waals surface area contributed by atoms with Gasteiger partial charge in [-0.1, -0.05) is 55.3 Å². The van der Waals surface area contributed by atoms with Gasteiger partial charge in [0.05, 0.1) is 17.0 Å². The number of hydrogen-bond donors (Lipinski definition) is 1. The third-order valence-electron chi connectivity index (χ3n) is 5.73. The molecule has 0 fully saturated rings. The van der Waals surface area contributed by atoms with Crippen LogP contribution >= 0.6 is 11.6 Å². The summed E-state index contributed by atoms with van der Waals surface area (Å²) in [4.78, 5) is 28.1. The molecule has 0 aliphatic carbocycles. The van der Waals surface area contributed by atoms with Gasteiger partial charge in [-0.3, -0.25) is 13.9 Å². The van der Waals surface area contributed by atoms with E-state index in [2.05, 4.69) is 5.32 Å². The second-order valence-corrected chi connectivity index (χ2v) is 10.9. The molecular weight excluding hydrogens is 493 g/mol. The average Bonchev–Trinajstić information content (AvgIpc) is 2.79. The van der Waals surface area contributed by atoms with Crippen molar-refractivity contribution in [2.45, 2.75) is 59.2 Å². The van der Waals surface area contributed by atoms with E-state index in [1.807, 2.05) is 45.0 Å². The summed E-state index contributed by atoms with van der Waals surface area (Å²) in [6, 6.07) is 10.1. The van der Waals surface area contributed by atoms with Gasteiger partial charge in [0.15, 0.2) is 0 Å². The first-order chi connectivity index (χ1) is 16.4. The summed E-state index contributed by atoms with van der Waals surface area (Å²) >= 11 is 5.86. The Hall–Kier alpha value is -2.65. The first kappa shape index (κ1) is 28.6. The zero-order valence-electron chi connectivity index (χ0n) is 20.7. The molecule has 10 heteroatoms. The van der Waals surface area contributed by atoms with Gasteiger partial charge in [0.25, 0.3) is 0 Å². The molecule has 0 unspecified atom stereocenters. The van der Waals surface area contributed by atoms with Crippen molar-refractivity contribution in [2.24, 2.45) is 0 Å². The number of sulfonamides is 1. The Morgan fingerprint density at radius 1 is 1.09 bits per heavy atom. The highest BCUT2D eigenvalue weighted by Crippen LogP contribution is 2.25. The van der Waals surface area contributed by atoms with Crippen molar-refractivity contribution in [1.82, 2.24) is 10.2 Å². The summed E-state index contributed by atoms with van der Waals surface area (Å²) in [6.45, 7) is 7.11. The standard InChI is InChI=1S/C25H33ClFN3O4S/c1-6-18(4)28-25(32)23(7-2)29(15-19-10-8-17(3)9-11-19)24(31)16-30(35(5,33)34)20-12-13-22(27)21(26)14-20/h8-14,18,23H,6-7,15-16H2,1-5H3,(H,28,32)/t18-,23+/m1/s1. The molecule has 0 radical (unpaired) electrons. The SMILES string of the molecule is CC[C@@H](C)NC(=O)[C@H](CC)N(Cc1ccc(C)cc1)C(=O)CN(c1ccc(F)c(Cl)c1)S(C)(=O)=O. The molecule has 0 saturated carbocycles. The predicted molar refractivity (Wildman–Crippen MR) is 137 cm³/mol. The topological polar surface area (TPSA) is 86.8 Å². The Morgan fingerprint density at radius 2 is 1.71 bits per heavy atom. The van der Waals surface area contributed by atoms with E-state index in [4.69, 9.17) is 11.6 Å². The van der Waals surface area contributed by atoms with Gasteiger partial charge in [0.1, 0.15) is 18.4 Å². The van der Waals surface area contributed by atoms with Crippen molar-refractivity contribution in [1.29, 1.82) is 0 Å². The molecule has 7 nitrogen and oxygen atoms in total. The maximum atomic E-state index is 13.7. The molecule has 2 rings (SSSR count). The lowest BCUT2D eigenvalue weighted by Gasteiger charge is -2.33. The van der Waals surface area contributed by atoms with Gasteiger partial charge >= 0.3 is 0 Å². The fourth-order valence-corrected chi connectivity index (χ4v) is 4.52. The number of rotatable bonds is 11. The predicted octanol–water partition coefficient (Wildman–Crippen LogP) is 4.28. The zero-order chi connectivity index (χ0) is 26.3. The molecular formula is C25H33ClFN3O4S. The van der Waals surface area contributed by atoms with E-state index in [1.54, 1.807) is 6.92 Å². The summed E-state index contributed by atoms with van der Waals surface area (Å²) < 4.78 is 39.7. The molecule has 2 amide bonds. The lowest BCUT2D eigenvalue weighted by molar-refractivity contribution is -0.140. The lowest BCUT2D eigenvalue weighted by Crippen LogP contribution is -2.53. The van der Waals surface area contributed by atoms with Crippen LogP contribution in [0, 0.1) is 12.7 Å². The van der Waals surface area contributed by atoms with Crippen molar-refractivity contribution < 1.29 is 22.4 Å². The Morgan fingerprint density at radius 3 is 2.23 bits per heavy atom. The molecule has 0 saturated heterocycles. The zero-order valence-corrected chi connectivity index (χ0v) is 22.3. The summed E-state index contributed by atoms with van der Waals surface area (Å²) in [7, 11) is -3.93. The average molecular weight is 526 g/mol. The Kier molecular flexibility index (Phi) is 10.1. The van der Waals surface area contributed by atoms with Crippen LogP contribution < -0.4 is 9.62 Å². The summed E-state index contributed by atoms with van der Waals surface area (Å²) in [5.74, 6) is -1.58. The normalized spacial score (nSPS) is 13.1. The fourth-order valence-electron chi connectivity index (χ4n) is 3.50. The quantitative estimate of drug-likeness (QED) is 0.474. The molecule has 0 heterocycles. The molecule has 0 aliphatic rings. The first-order valence-electron chi connectivity index (χ1n) is 11.5. The van der Waals surface area contributed by atoms with Crippen LogP contribution in [0.4, 0.5) is 10.1 Å². The summed E-state index contributed by atoms with van der Waals surface area (Å²) in [5, 5.41) is 2.65. The molecule has 192 valence electrons. The Labute approximate surface area is 212 Å². The highest BCUT2D eigenvalue weighted by Gasteiger charge is 2.32. The lowest BCUT2D eigenvalue weighted by atomic mass is 10.1. The third kappa shape index (κ3) is 7.93. The Bertz CT molecular complexity index is 1140. The van der Waals surface area contributed by atoms with Crippen molar-refractivity contribution in [2.75, 3.05) is 17.1 Å². The van der Waals surface area contributed by atoms with Gasteiger partial charge in [-0.25, -0.2) is 12.8 Å². The van der Waals surface area contributed by atoms with Crippen molar-refractivity contribution >= 4 is 39.1 Å². The van der Waals surface area contributed by atoms with Crippen molar-refractivity contribution in [3.05, 3.63) is 64.4 Å². The summed E-state index contributed by atoms with van der Waals surface area (Å²) in [5.41, 5.74) is 1.90. The molecule has 2 atom stereocenters. The van der Waals surface area contributed by atoms with Gasteiger partial charge < -0.3 is 10.2 Å². The van der Waals surface area contributed by atoms with Crippen molar-refractivity contribution in [3.8, 4) is 0 Å². The van der Waals surface area contributed by atoms with Gasteiger partial charge in [0.2, 0.25) is 21.8 Å². The molecule has 35 heavy (non-hydrogen) atoms. The van der Waals surface area contributed by atoms with E-state index in [0.29, 0.717) is 6.42 Å². The van der Waals surface area contributed by atoms with Gasteiger partial charge in [0, 0.05) is 12.6 Å². The van der Waals surface area contributed by atoms with Gasteiger partial charge in [-0.15, -0.1) is 0 Å². The largest absolute Gasteiger partial charge is 0.352 e. The second kappa shape index (κ2) is 12.4. The van der Waals surface area contributed by atoms with E-state index in [1.165, 1.54) is 11.0 Å². The van der Waals surface area contributed by atoms with Crippen LogP contribution in [-0.4, -0.2) is 50.0 Å². The number of nitrogens with one attached hydrogen (secondary N) is 1. The molecule has 0 aliphatic heterocycles. The minimum Gasteiger partial charge on any atom is -0.352 e. The molecule has 0 bridgehead atoms. The number of anilines is 1. The number of hydrogen-bond acceptors (Lipinski definition) is 4. The van der Waals surface area contributed by atoms with Crippen molar-refractivity contribution in [3.63, 3.8) is 0 Å². The van der Waals surface area contributed by atoms with E-state index in [0.717, 1.165) is 40.2 Å². The number of benzene rings is 2. The number of carbonyl (C=O) groups excluding carboxylic acids is 2. The molecule has 0 aromatic heterocycles. The number of carbonyl (C=O) groups is 2. The van der Waals surface area contributed by atoms with Crippen LogP contribution in [0.1, 0.15) is 44.7 Å². The van der Waals surface area contributed by atoms with Crippen LogP contribution in [0.15, 0.2) is 42.5 Å². The number of halogens is 2. The van der Waals surface area contributed by atoms with Crippen LogP contribution in [0.2, 0.25) is 5.02 Å². The smallest absolute Gasteiger partial charge is 0.244 e. The minimum atomic E-state index is -3.93. The highest BCUT2D eigenvalue weighted by atomic mass is 35.5. The molecule has 2 aromatic carbocycles. The minimum absolute atomic E-state index is 0.0552. The van der Waals surface area contributed by atoms with Crippen LogP contribution in [0.5, 0.6) is 0 Å². The molecule has 2 aromatic rings.